The first-order valence-electron chi connectivity index (χ1n) is 12.0. The minimum absolute atomic E-state index is 0.000787. The molecule has 9 heteroatoms. The van der Waals surface area contributed by atoms with Crippen LogP contribution in [0.15, 0.2) is 48.5 Å². The number of carbonyl (C=O) groups is 1. The fraction of sp³-hybridized carbons (Fsp3) is 0.370. The van der Waals surface area contributed by atoms with Gasteiger partial charge in [-0.15, -0.1) is 10.2 Å². The molecule has 0 bridgehead atoms. The van der Waals surface area contributed by atoms with Crippen molar-refractivity contribution in [1.29, 1.82) is 0 Å². The van der Waals surface area contributed by atoms with Crippen LogP contribution in [0.5, 0.6) is 5.88 Å². The molecular formula is C27H30F2N4O3. The van der Waals surface area contributed by atoms with Gasteiger partial charge < -0.3 is 20.5 Å². The molecular weight excluding hydrogens is 466 g/mol. The zero-order chi connectivity index (χ0) is 25.7. The number of carbonyl (C=O) groups excluding carboxylic acids is 1. The molecule has 0 aliphatic heterocycles. The summed E-state index contributed by atoms with van der Waals surface area (Å²) in [6.45, 7) is 1.54. The van der Waals surface area contributed by atoms with Gasteiger partial charge in [0.15, 0.2) is 0 Å². The Balaban J connectivity index is 1.48. The first-order valence-corrected chi connectivity index (χ1v) is 12.0. The lowest BCUT2D eigenvalue weighted by Gasteiger charge is -2.30. The number of nitrogens with zero attached hydrogens (tertiary/aromatic N) is 2. The molecule has 36 heavy (non-hydrogen) atoms. The lowest BCUT2D eigenvalue weighted by atomic mass is 9.86. The molecule has 1 heterocycles. The maximum absolute atomic E-state index is 13.7. The number of rotatable bonds is 9. The van der Waals surface area contributed by atoms with Crippen LogP contribution in [0, 0.1) is 11.6 Å². The number of benzene rings is 2. The van der Waals surface area contributed by atoms with Crippen LogP contribution in [-0.2, 0) is 17.6 Å². The summed E-state index contributed by atoms with van der Waals surface area (Å²) in [5.41, 5.74) is 4.39. The summed E-state index contributed by atoms with van der Waals surface area (Å²) in [6.07, 6.45) is 1.97. The summed E-state index contributed by atoms with van der Waals surface area (Å²) in [5, 5.41) is 25.4. The van der Waals surface area contributed by atoms with Crippen LogP contribution in [0.25, 0.3) is 11.3 Å². The summed E-state index contributed by atoms with van der Waals surface area (Å²) in [6, 6.07) is 12.3. The fourth-order valence-electron chi connectivity index (χ4n) is 4.69. The van der Waals surface area contributed by atoms with Gasteiger partial charge in [0.25, 0.3) is 0 Å². The highest BCUT2D eigenvalue weighted by Crippen LogP contribution is 2.33. The zero-order valence-corrected chi connectivity index (χ0v) is 20.3. The number of hydrogen-bond donors (Lipinski definition) is 3. The van der Waals surface area contributed by atoms with Crippen molar-refractivity contribution in [2.24, 2.45) is 0 Å². The normalized spacial score (nSPS) is 16.6. The maximum Gasteiger partial charge on any atom is 0.233 e. The lowest BCUT2D eigenvalue weighted by Crippen LogP contribution is -2.48. The van der Waals surface area contributed by atoms with Crippen molar-refractivity contribution in [1.82, 2.24) is 20.8 Å². The standard InChI is InChI=1S/C27H30F2N4O3/c1-16(34)31-25(12-17-10-20(28)14-21(29)11-17)26(35)15-30-24-5-3-4-18-6-7-19(13-22(18)24)23-8-9-27(36-2)33-32-23/h6-11,13-14,24-26,30,35H,3-5,12,15H2,1-2H3,(H,31,34)/t24?,25-,26+/m0/s1. The molecule has 0 radical (unpaired) electrons. The number of methoxy groups -OCH3 is 1. The number of hydrogen-bond acceptors (Lipinski definition) is 6. The first-order chi connectivity index (χ1) is 17.3. The number of ether oxygens (including phenoxy) is 1. The van der Waals surface area contributed by atoms with E-state index in [1.165, 1.54) is 24.6 Å². The monoisotopic (exact) mass is 496 g/mol. The summed E-state index contributed by atoms with van der Waals surface area (Å²) in [4.78, 5) is 11.8. The Morgan fingerprint density at radius 1 is 1.14 bits per heavy atom. The number of amides is 1. The van der Waals surface area contributed by atoms with Gasteiger partial charge in [0.2, 0.25) is 11.8 Å². The molecule has 1 aromatic heterocycles. The molecule has 1 aliphatic rings. The topological polar surface area (TPSA) is 96.4 Å². The third kappa shape index (κ3) is 6.41. The predicted octanol–water partition coefficient (Wildman–Crippen LogP) is 3.51. The third-order valence-electron chi connectivity index (χ3n) is 6.41. The molecule has 2 aromatic carbocycles. The average molecular weight is 497 g/mol. The van der Waals surface area contributed by atoms with E-state index in [-0.39, 0.29) is 24.9 Å². The molecule has 0 fully saturated rings. The average Bonchev–Trinajstić information content (AvgIpc) is 2.85. The Bertz CT molecular complexity index is 1190. The van der Waals surface area contributed by atoms with Gasteiger partial charge in [-0.3, -0.25) is 4.79 Å². The van der Waals surface area contributed by atoms with Crippen LogP contribution in [-0.4, -0.2) is 47.0 Å². The SMILES string of the molecule is COc1ccc(-c2ccc3c(c2)C(NC[C@@H](O)[C@H](Cc2cc(F)cc(F)c2)NC(C)=O)CCC3)nn1. The van der Waals surface area contributed by atoms with E-state index in [9.17, 15) is 18.7 Å². The van der Waals surface area contributed by atoms with Crippen molar-refractivity contribution in [3.63, 3.8) is 0 Å². The van der Waals surface area contributed by atoms with E-state index in [4.69, 9.17) is 4.74 Å². The van der Waals surface area contributed by atoms with E-state index in [1.807, 2.05) is 12.1 Å². The van der Waals surface area contributed by atoms with Gasteiger partial charge in [-0.25, -0.2) is 8.78 Å². The maximum atomic E-state index is 13.7. The van der Waals surface area contributed by atoms with E-state index < -0.39 is 23.8 Å². The van der Waals surface area contributed by atoms with Crippen molar-refractivity contribution in [3.05, 3.63) is 76.9 Å². The molecule has 3 atom stereocenters. The quantitative estimate of drug-likeness (QED) is 0.420. The van der Waals surface area contributed by atoms with Crippen LogP contribution in [0.4, 0.5) is 8.78 Å². The molecule has 3 aromatic rings. The van der Waals surface area contributed by atoms with Crippen LogP contribution >= 0.6 is 0 Å². The van der Waals surface area contributed by atoms with E-state index in [0.717, 1.165) is 42.1 Å². The lowest BCUT2D eigenvalue weighted by molar-refractivity contribution is -0.120. The molecule has 0 saturated heterocycles. The molecule has 0 saturated carbocycles. The van der Waals surface area contributed by atoms with Gasteiger partial charge in [-0.05, 0) is 66.6 Å². The molecule has 1 aliphatic carbocycles. The number of fused-ring (bicyclic) bond motifs is 1. The van der Waals surface area contributed by atoms with E-state index in [2.05, 4.69) is 33.0 Å². The Kier molecular flexibility index (Phi) is 8.22. The predicted molar refractivity (Wildman–Crippen MR) is 131 cm³/mol. The van der Waals surface area contributed by atoms with Crippen molar-refractivity contribution in [2.75, 3.05) is 13.7 Å². The smallest absolute Gasteiger partial charge is 0.233 e. The highest BCUT2D eigenvalue weighted by atomic mass is 19.1. The summed E-state index contributed by atoms with van der Waals surface area (Å²) in [5.74, 6) is -1.28. The van der Waals surface area contributed by atoms with Crippen LogP contribution in [0.2, 0.25) is 0 Å². The fourth-order valence-corrected chi connectivity index (χ4v) is 4.69. The van der Waals surface area contributed by atoms with Gasteiger partial charge >= 0.3 is 0 Å². The Morgan fingerprint density at radius 2 is 1.92 bits per heavy atom. The highest BCUT2D eigenvalue weighted by Gasteiger charge is 2.25. The number of halogens is 2. The number of aliphatic hydroxyl groups excluding tert-OH is 1. The summed E-state index contributed by atoms with van der Waals surface area (Å²) < 4.78 is 32.4. The van der Waals surface area contributed by atoms with Gasteiger partial charge in [0.05, 0.1) is 24.9 Å². The second-order valence-corrected chi connectivity index (χ2v) is 9.08. The van der Waals surface area contributed by atoms with Crippen LogP contribution in [0.1, 0.15) is 42.5 Å². The van der Waals surface area contributed by atoms with Crippen molar-refractivity contribution < 1.29 is 23.4 Å². The van der Waals surface area contributed by atoms with Crippen LogP contribution < -0.4 is 15.4 Å². The van der Waals surface area contributed by atoms with Crippen LogP contribution in [0.3, 0.4) is 0 Å². The van der Waals surface area contributed by atoms with Crippen molar-refractivity contribution in [3.8, 4) is 17.1 Å². The van der Waals surface area contributed by atoms with Crippen molar-refractivity contribution in [2.45, 2.75) is 50.8 Å². The molecule has 190 valence electrons. The van der Waals surface area contributed by atoms with Gasteiger partial charge in [-0.2, -0.15) is 0 Å². The molecule has 3 N–H and O–H groups in total. The van der Waals surface area contributed by atoms with E-state index in [0.29, 0.717) is 11.4 Å². The number of aryl methyl sites for hydroxylation is 1. The number of nitrogens with one attached hydrogen (secondary N) is 2. The Morgan fingerprint density at radius 3 is 2.58 bits per heavy atom. The molecule has 1 unspecified atom stereocenters. The molecule has 4 rings (SSSR count). The second kappa shape index (κ2) is 11.5. The van der Waals surface area contributed by atoms with Gasteiger partial charge in [0, 0.05) is 37.2 Å². The first kappa shape index (κ1) is 25.7. The minimum atomic E-state index is -0.971. The van der Waals surface area contributed by atoms with Crippen molar-refractivity contribution >= 4 is 5.91 Å². The summed E-state index contributed by atoms with van der Waals surface area (Å²) in [7, 11) is 1.54. The Hall–Kier alpha value is -3.43. The highest BCUT2D eigenvalue weighted by molar-refractivity contribution is 5.73. The minimum Gasteiger partial charge on any atom is -0.480 e. The van der Waals surface area contributed by atoms with Gasteiger partial charge in [-0.1, -0.05) is 12.1 Å². The number of aliphatic hydroxyl groups is 1. The van der Waals surface area contributed by atoms with Gasteiger partial charge in [0.1, 0.15) is 11.6 Å². The third-order valence-corrected chi connectivity index (χ3v) is 6.41. The zero-order valence-electron chi connectivity index (χ0n) is 20.3. The molecule has 1 amide bonds. The Labute approximate surface area is 208 Å². The largest absolute Gasteiger partial charge is 0.480 e. The summed E-state index contributed by atoms with van der Waals surface area (Å²) >= 11 is 0. The number of aromatic nitrogens is 2. The van der Waals surface area contributed by atoms with E-state index >= 15 is 0 Å². The molecule has 7 nitrogen and oxygen atoms in total. The molecule has 0 spiro atoms. The van der Waals surface area contributed by atoms with E-state index in [1.54, 1.807) is 13.2 Å². The second-order valence-electron chi connectivity index (χ2n) is 9.08.